The van der Waals surface area contributed by atoms with Crippen LogP contribution in [0.15, 0.2) is 122 Å². The van der Waals surface area contributed by atoms with E-state index in [4.69, 9.17) is 18.9 Å². The zero-order valence-electron chi connectivity index (χ0n) is 49.8. The number of aliphatic carboxylic acids is 1. The van der Waals surface area contributed by atoms with Crippen molar-refractivity contribution in [2.45, 2.75) is 245 Å². The number of rotatable bonds is 55. The summed E-state index contributed by atoms with van der Waals surface area (Å²) in [6.07, 6.45) is 78.4. The lowest BCUT2D eigenvalue weighted by Gasteiger charge is -2.25. The number of unbranched alkanes of at least 4 members (excludes halogenated alkanes) is 20. The van der Waals surface area contributed by atoms with Crippen LogP contribution in [0.1, 0.15) is 232 Å². The van der Waals surface area contributed by atoms with Gasteiger partial charge in [0.05, 0.1) is 34.4 Å². The normalized spacial score (nSPS) is 13.6. The minimum absolute atomic E-state index is 0.176. The van der Waals surface area contributed by atoms with Crippen LogP contribution < -0.4 is 0 Å². The van der Waals surface area contributed by atoms with Crippen LogP contribution in [-0.4, -0.2) is 87.4 Å². The summed E-state index contributed by atoms with van der Waals surface area (Å²) in [6, 6.07) is 0. The molecule has 0 rings (SSSR count). The molecule has 1 N–H and O–H groups in total. The van der Waals surface area contributed by atoms with Crippen LogP contribution in [0.2, 0.25) is 0 Å². The van der Waals surface area contributed by atoms with Gasteiger partial charge in [0.25, 0.3) is 6.29 Å². The molecule has 0 amide bonds. The number of hydrogen-bond donors (Lipinski definition) is 1. The van der Waals surface area contributed by atoms with Crippen LogP contribution in [0.5, 0.6) is 0 Å². The van der Waals surface area contributed by atoms with E-state index in [1.54, 1.807) is 0 Å². The second kappa shape index (κ2) is 57.9. The van der Waals surface area contributed by atoms with Crippen molar-refractivity contribution in [3.63, 3.8) is 0 Å². The molecule has 0 saturated carbocycles. The van der Waals surface area contributed by atoms with Gasteiger partial charge >= 0.3 is 17.9 Å². The monoisotopic (exact) mass is 1070 g/mol. The Balaban J connectivity index is 4.31. The fraction of sp³-hybridized carbons (Fsp3) is 0.662. The van der Waals surface area contributed by atoms with E-state index >= 15 is 0 Å². The van der Waals surface area contributed by atoms with Crippen LogP contribution >= 0.6 is 0 Å². The van der Waals surface area contributed by atoms with Crippen molar-refractivity contribution in [3.05, 3.63) is 122 Å². The molecule has 0 aliphatic rings. The van der Waals surface area contributed by atoms with Crippen molar-refractivity contribution in [1.29, 1.82) is 0 Å². The summed E-state index contributed by atoms with van der Waals surface area (Å²) in [4.78, 5) is 37.5. The van der Waals surface area contributed by atoms with Gasteiger partial charge in [-0.2, -0.15) is 0 Å². The van der Waals surface area contributed by atoms with Crippen LogP contribution in [0, 0.1) is 0 Å². The van der Waals surface area contributed by atoms with Crippen LogP contribution in [-0.2, 0) is 33.3 Å². The zero-order valence-corrected chi connectivity index (χ0v) is 49.8. The first kappa shape index (κ1) is 72.7. The first-order valence-corrected chi connectivity index (χ1v) is 30.7. The van der Waals surface area contributed by atoms with Gasteiger partial charge in [-0.3, -0.25) is 9.59 Å². The van der Waals surface area contributed by atoms with E-state index in [9.17, 15) is 19.5 Å². The van der Waals surface area contributed by atoms with Gasteiger partial charge in [-0.1, -0.05) is 232 Å². The zero-order chi connectivity index (χ0) is 56.2. The molecule has 0 aromatic rings. The highest BCUT2D eigenvalue weighted by atomic mass is 16.7. The van der Waals surface area contributed by atoms with Crippen LogP contribution in [0.4, 0.5) is 0 Å². The van der Waals surface area contributed by atoms with E-state index in [0.29, 0.717) is 17.4 Å². The summed E-state index contributed by atoms with van der Waals surface area (Å²) in [6.45, 7) is 4.72. The number of carbonyl (C=O) groups excluding carboxylic acids is 2. The number of quaternary nitrogens is 1. The average Bonchev–Trinajstić information content (AvgIpc) is 3.40. The quantitative estimate of drug-likeness (QED) is 0.0211. The molecule has 77 heavy (non-hydrogen) atoms. The van der Waals surface area contributed by atoms with Crippen LogP contribution in [0.25, 0.3) is 0 Å². The molecule has 2 unspecified atom stereocenters. The molecule has 438 valence electrons. The molecule has 9 nitrogen and oxygen atoms in total. The summed E-state index contributed by atoms with van der Waals surface area (Å²) < 4.78 is 22.9. The number of carboxylic acids is 1. The van der Waals surface area contributed by atoms with E-state index < -0.39 is 24.3 Å². The first-order chi connectivity index (χ1) is 37.6. The average molecular weight is 1070 g/mol. The SMILES string of the molecule is CC/C=C\C/C=C\C/C=C\C/C=C\C/C=C\C/C=C\C/C=C\CCCCCCCC(=O)OC(COC(=O)CCCCCCCCCCCC/C=C\C/C=C\C/C=C\CCCCCCC)COC(OCC[N+](C)(C)C)C(=O)O. The highest BCUT2D eigenvalue weighted by Crippen LogP contribution is 2.15. The predicted molar refractivity (Wildman–Crippen MR) is 327 cm³/mol. The molecule has 9 heteroatoms. The summed E-state index contributed by atoms with van der Waals surface area (Å²) in [5.74, 6) is -2.05. The molecule has 0 fully saturated rings. The number of carboxylic acid groups (broad SMARTS) is 1. The van der Waals surface area contributed by atoms with E-state index in [1.807, 2.05) is 21.1 Å². The van der Waals surface area contributed by atoms with Gasteiger partial charge in [-0.05, 0) is 109 Å². The van der Waals surface area contributed by atoms with E-state index in [-0.39, 0.29) is 38.6 Å². The first-order valence-electron chi connectivity index (χ1n) is 30.7. The van der Waals surface area contributed by atoms with Crippen molar-refractivity contribution >= 4 is 17.9 Å². The molecule has 0 radical (unpaired) electrons. The van der Waals surface area contributed by atoms with Crippen molar-refractivity contribution in [3.8, 4) is 0 Å². The summed E-state index contributed by atoms with van der Waals surface area (Å²) in [5.41, 5.74) is 0. The predicted octanol–water partition coefficient (Wildman–Crippen LogP) is 18.5. The number of hydrogen-bond acceptors (Lipinski definition) is 7. The maximum atomic E-state index is 12.9. The van der Waals surface area contributed by atoms with E-state index in [2.05, 4.69) is 135 Å². The fourth-order valence-corrected chi connectivity index (χ4v) is 8.00. The number of esters is 2. The molecule has 0 saturated heterocycles. The highest BCUT2D eigenvalue weighted by molar-refractivity contribution is 5.71. The number of ether oxygens (including phenoxy) is 4. The number of nitrogens with zero attached hydrogens (tertiary/aromatic N) is 1. The lowest BCUT2D eigenvalue weighted by atomic mass is 10.1. The van der Waals surface area contributed by atoms with Gasteiger partial charge < -0.3 is 28.5 Å². The molecule has 0 aliphatic carbocycles. The van der Waals surface area contributed by atoms with E-state index in [1.165, 1.54) is 89.9 Å². The Morgan fingerprint density at radius 3 is 1.10 bits per heavy atom. The Bertz CT molecular complexity index is 1670. The maximum Gasteiger partial charge on any atom is 0.361 e. The van der Waals surface area contributed by atoms with Gasteiger partial charge in [-0.25, -0.2) is 4.79 Å². The number of allylic oxidation sites excluding steroid dienone is 20. The summed E-state index contributed by atoms with van der Waals surface area (Å²) in [7, 11) is 5.95. The third-order valence-corrected chi connectivity index (χ3v) is 12.7. The molecular weight excluding hydrogens is 959 g/mol. The highest BCUT2D eigenvalue weighted by Gasteiger charge is 2.25. The second-order valence-corrected chi connectivity index (χ2v) is 21.3. The second-order valence-electron chi connectivity index (χ2n) is 21.3. The Morgan fingerprint density at radius 2 is 0.740 bits per heavy atom. The van der Waals surface area contributed by atoms with Crippen molar-refractivity contribution in [1.82, 2.24) is 0 Å². The van der Waals surface area contributed by atoms with Gasteiger partial charge in [0, 0.05) is 12.8 Å². The van der Waals surface area contributed by atoms with Gasteiger partial charge in [0.1, 0.15) is 13.2 Å². The molecule has 0 heterocycles. The Hall–Kier alpha value is -4.31. The minimum Gasteiger partial charge on any atom is -0.477 e. The minimum atomic E-state index is -1.53. The molecule has 0 aromatic carbocycles. The maximum absolute atomic E-state index is 12.9. The molecule has 2 atom stereocenters. The smallest absolute Gasteiger partial charge is 0.361 e. The Morgan fingerprint density at radius 1 is 0.403 bits per heavy atom. The third kappa shape index (κ3) is 59.2. The number of carbonyl (C=O) groups is 3. The van der Waals surface area contributed by atoms with Crippen molar-refractivity contribution in [2.24, 2.45) is 0 Å². The molecule has 0 spiro atoms. The van der Waals surface area contributed by atoms with Gasteiger partial charge in [-0.15, -0.1) is 0 Å². The standard InChI is InChI=1S/C68H113NO8/c1-6-8-10-12-14-16-18-20-22-24-26-28-30-32-33-35-37-39-41-43-45-47-49-51-53-55-57-59-66(71)77-64(63-76-68(67(72)73)74-61-60-69(3,4)5)62-75-65(70)58-56-54-52-50-48-46-44-42-40-38-36-34-31-29-27-25-23-21-19-17-15-13-11-9-7-2/h8,10,14,16,19-22,25-28,31-34,37,39,43,45,64,68H,6-7,9,11-13,15,17-18,23-24,29-30,35-36,38,40-42,44,46-63H2,1-5H3/p+1/b10-8-,16-14-,21-19-,22-20-,27-25-,28-26-,33-32-,34-31-,39-37-,45-43-. The third-order valence-electron chi connectivity index (χ3n) is 12.7. The largest absolute Gasteiger partial charge is 0.477 e. The Labute approximate surface area is 472 Å². The van der Waals surface area contributed by atoms with E-state index in [0.717, 1.165) is 109 Å². The van der Waals surface area contributed by atoms with Crippen molar-refractivity contribution < 1.29 is 42.9 Å². The van der Waals surface area contributed by atoms with Crippen molar-refractivity contribution in [2.75, 3.05) is 47.5 Å². The van der Waals surface area contributed by atoms with Crippen LogP contribution in [0.3, 0.4) is 0 Å². The lowest BCUT2D eigenvalue weighted by molar-refractivity contribution is -0.870. The summed E-state index contributed by atoms with van der Waals surface area (Å²) >= 11 is 0. The molecular formula is C68H114NO8+. The molecule has 0 bridgehead atoms. The molecule has 0 aromatic heterocycles. The topological polar surface area (TPSA) is 108 Å². The molecule has 0 aliphatic heterocycles. The van der Waals surface area contributed by atoms with Gasteiger partial charge in [0.2, 0.25) is 0 Å². The summed E-state index contributed by atoms with van der Waals surface area (Å²) in [5, 5.41) is 9.72. The fourth-order valence-electron chi connectivity index (χ4n) is 8.00. The lowest BCUT2D eigenvalue weighted by Crippen LogP contribution is -2.40. The Kier molecular flexibility index (Phi) is 54.6. The number of likely N-dealkylation sites (N-methyl/N-ethyl adjacent to an activating group) is 1. The van der Waals surface area contributed by atoms with Gasteiger partial charge in [0.15, 0.2) is 6.10 Å².